The second-order valence-corrected chi connectivity index (χ2v) is 8.17. The molecule has 25 heavy (non-hydrogen) atoms. The first-order chi connectivity index (χ1) is 12.1. The zero-order chi connectivity index (χ0) is 17.4. The number of anilines is 1. The van der Waals surface area contributed by atoms with E-state index in [4.69, 9.17) is 0 Å². The molecular formula is C20H20N2O2S. The van der Waals surface area contributed by atoms with Crippen LogP contribution in [0.15, 0.2) is 54.6 Å². The zero-order valence-electron chi connectivity index (χ0n) is 14.1. The Hall–Kier alpha value is -2.27. The second kappa shape index (κ2) is 6.23. The summed E-state index contributed by atoms with van der Waals surface area (Å²) in [6.07, 6.45) is 1.36. The molecule has 4 nitrogen and oxygen atoms in total. The van der Waals surface area contributed by atoms with Crippen molar-refractivity contribution in [1.29, 1.82) is 0 Å². The van der Waals surface area contributed by atoms with E-state index >= 15 is 0 Å². The Bertz CT molecular complexity index is 823. The van der Waals surface area contributed by atoms with Crippen LogP contribution in [0.25, 0.3) is 11.1 Å². The Kier molecular flexibility index (Phi) is 4.04. The molecule has 2 aliphatic rings. The number of nitrogens with one attached hydrogen (secondary N) is 1. The van der Waals surface area contributed by atoms with Crippen LogP contribution in [0, 0.1) is 0 Å². The second-order valence-electron chi connectivity index (χ2n) is 6.67. The summed E-state index contributed by atoms with van der Waals surface area (Å²) in [6.45, 7) is 2.06. The number of fused-ring (bicyclic) bond motifs is 1. The Morgan fingerprint density at radius 1 is 1.16 bits per heavy atom. The fourth-order valence-electron chi connectivity index (χ4n) is 3.69. The average molecular weight is 352 g/mol. The van der Waals surface area contributed by atoms with Crippen LogP contribution in [0.3, 0.4) is 0 Å². The summed E-state index contributed by atoms with van der Waals surface area (Å²) in [5.41, 5.74) is 2.82. The van der Waals surface area contributed by atoms with E-state index in [-0.39, 0.29) is 16.7 Å². The smallest absolute Gasteiger partial charge is 0.248 e. The lowest BCUT2D eigenvalue weighted by Crippen LogP contribution is -2.48. The third-order valence-electron chi connectivity index (χ3n) is 5.02. The molecule has 128 valence electrons. The van der Waals surface area contributed by atoms with E-state index in [0.717, 1.165) is 23.2 Å². The molecule has 1 N–H and O–H groups in total. The lowest BCUT2D eigenvalue weighted by atomic mass is 10.0. The number of carbonyl (C=O) groups excluding carboxylic acids is 2. The molecule has 4 rings (SSSR count). The Morgan fingerprint density at radius 3 is 2.68 bits per heavy atom. The van der Waals surface area contributed by atoms with Crippen molar-refractivity contribution in [3.05, 3.63) is 54.6 Å². The molecule has 2 aromatic carbocycles. The number of thioether (sulfide) groups is 1. The first-order valence-corrected chi connectivity index (χ1v) is 9.48. The minimum Gasteiger partial charge on any atom is -0.324 e. The summed E-state index contributed by atoms with van der Waals surface area (Å²) < 4.78 is 0. The number of hydrogen-bond acceptors (Lipinski definition) is 3. The van der Waals surface area contributed by atoms with Gasteiger partial charge in [0.15, 0.2) is 0 Å². The predicted octanol–water partition coefficient (Wildman–Crippen LogP) is 3.75. The maximum atomic E-state index is 12.9. The van der Waals surface area contributed by atoms with Gasteiger partial charge in [-0.05, 0) is 25.0 Å². The maximum absolute atomic E-state index is 12.9. The third-order valence-corrected chi connectivity index (χ3v) is 6.52. The monoisotopic (exact) mass is 352 g/mol. The van der Waals surface area contributed by atoms with E-state index in [9.17, 15) is 9.59 Å². The van der Waals surface area contributed by atoms with Gasteiger partial charge in [-0.25, -0.2) is 0 Å². The van der Waals surface area contributed by atoms with Crippen molar-refractivity contribution in [3.63, 3.8) is 0 Å². The molecule has 0 saturated carbocycles. The van der Waals surface area contributed by atoms with Gasteiger partial charge >= 0.3 is 0 Å². The zero-order valence-corrected chi connectivity index (χ0v) is 14.9. The van der Waals surface area contributed by atoms with Crippen molar-refractivity contribution in [2.75, 3.05) is 11.1 Å². The van der Waals surface area contributed by atoms with Gasteiger partial charge in [-0.1, -0.05) is 48.5 Å². The molecule has 0 aliphatic carbocycles. The summed E-state index contributed by atoms with van der Waals surface area (Å²) in [6, 6.07) is 17.4. The Labute approximate surface area is 151 Å². The number of hydrogen-bond donors (Lipinski definition) is 1. The van der Waals surface area contributed by atoms with Crippen LogP contribution >= 0.6 is 11.8 Å². The molecule has 0 radical (unpaired) electrons. The van der Waals surface area contributed by atoms with Crippen molar-refractivity contribution < 1.29 is 9.59 Å². The lowest BCUT2D eigenvalue weighted by molar-refractivity contribution is -0.135. The van der Waals surface area contributed by atoms with Crippen molar-refractivity contribution in [1.82, 2.24) is 4.90 Å². The largest absolute Gasteiger partial charge is 0.324 e. The molecular weight excluding hydrogens is 332 g/mol. The minimum absolute atomic E-state index is 0.0870. The number of benzene rings is 2. The highest BCUT2D eigenvalue weighted by Crippen LogP contribution is 2.47. The number of rotatable bonds is 3. The first kappa shape index (κ1) is 16.2. The molecule has 0 aromatic heterocycles. The SMILES string of the molecule is CC12CCC(=O)N1C(C(=O)Nc1ccccc1-c1ccccc1)CS2. The van der Waals surface area contributed by atoms with Crippen molar-refractivity contribution in [3.8, 4) is 11.1 Å². The summed E-state index contributed by atoms with van der Waals surface area (Å²) in [7, 11) is 0. The summed E-state index contributed by atoms with van der Waals surface area (Å²) in [4.78, 5) is 26.7. The molecule has 2 amide bonds. The number of para-hydroxylation sites is 1. The van der Waals surface area contributed by atoms with Gasteiger partial charge in [0.25, 0.3) is 0 Å². The molecule has 2 heterocycles. The van der Waals surface area contributed by atoms with Gasteiger partial charge in [0.2, 0.25) is 11.8 Å². The molecule has 2 unspecified atom stereocenters. The summed E-state index contributed by atoms with van der Waals surface area (Å²) >= 11 is 1.71. The number of carbonyl (C=O) groups is 2. The van der Waals surface area contributed by atoms with E-state index in [1.165, 1.54) is 0 Å². The van der Waals surface area contributed by atoms with Crippen molar-refractivity contribution in [2.24, 2.45) is 0 Å². The van der Waals surface area contributed by atoms with Crippen LogP contribution in [0.4, 0.5) is 5.69 Å². The van der Waals surface area contributed by atoms with Gasteiger partial charge in [0, 0.05) is 23.4 Å². The molecule has 2 saturated heterocycles. The standard InChI is InChI=1S/C20H20N2O2S/c1-20-12-11-18(23)22(20)17(13-25-20)19(24)21-16-10-6-5-9-15(16)14-7-3-2-4-8-14/h2-10,17H,11-13H2,1H3,(H,21,24). The van der Waals surface area contributed by atoms with Crippen molar-refractivity contribution in [2.45, 2.75) is 30.7 Å². The van der Waals surface area contributed by atoms with Gasteiger partial charge in [-0.15, -0.1) is 11.8 Å². The highest BCUT2D eigenvalue weighted by Gasteiger charge is 2.52. The molecule has 2 aromatic rings. The van der Waals surface area contributed by atoms with Crippen LogP contribution in [-0.2, 0) is 9.59 Å². The molecule has 5 heteroatoms. The summed E-state index contributed by atoms with van der Waals surface area (Å²) in [5.74, 6) is 0.639. The van der Waals surface area contributed by atoms with Crippen LogP contribution in [-0.4, -0.2) is 33.4 Å². The van der Waals surface area contributed by atoms with Gasteiger partial charge < -0.3 is 10.2 Å². The Morgan fingerprint density at radius 2 is 1.88 bits per heavy atom. The van der Waals surface area contributed by atoms with Crippen molar-refractivity contribution >= 4 is 29.3 Å². The van der Waals surface area contributed by atoms with E-state index in [1.807, 2.05) is 54.6 Å². The van der Waals surface area contributed by atoms with Crippen LogP contribution in [0.5, 0.6) is 0 Å². The summed E-state index contributed by atoms with van der Waals surface area (Å²) in [5, 5.41) is 3.06. The molecule has 2 atom stereocenters. The van der Waals surface area contributed by atoms with E-state index < -0.39 is 6.04 Å². The van der Waals surface area contributed by atoms with E-state index in [1.54, 1.807) is 16.7 Å². The molecule has 0 spiro atoms. The quantitative estimate of drug-likeness (QED) is 0.915. The van der Waals surface area contributed by atoms with E-state index in [2.05, 4.69) is 12.2 Å². The van der Waals surface area contributed by atoms with Gasteiger partial charge in [-0.3, -0.25) is 9.59 Å². The predicted molar refractivity (Wildman–Crippen MR) is 101 cm³/mol. The molecule has 2 fully saturated rings. The van der Waals surface area contributed by atoms with Crippen LogP contribution < -0.4 is 5.32 Å². The first-order valence-electron chi connectivity index (χ1n) is 8.50. The number of nitrogens with zero attached hydrogens (tertiary/aromatic N) is 1. The highest BCUT2D eigenvalue weighted by molar-refractivity contribution is 8.01. The van der Waals surface area contributed by atoms with E-state index in [0.29, 0.717) is 12.2 Å². The third kappa shape index (κ3) is 2.82. The normalized spacial score (nSPS) is 25.1. The molecule has 2 aliphatic heterocycles. The van der Waals surface area contributed by atoms with Crippen LogP contribution in [0.1, 0.15) is 19.8 Å². The maximum Gasteiger partial charge on any atom is 0.248 e. The van der Waals surface area contributed by atoms with Gasteiger partial charge in [0.1, 0.15) is 6.04 Å². The fourth-order valence-corrected chi connectivity index (χ4v) is 5.12. The number of amides is 2. The Balaban J connectivity index is 1.59. The lowest BCUT2D eigenvalue weighted by Gasteiger charge is -2.30. The topological polar surface area (TPSA) is 49.4 Å². The van der Waals surface area contributed by atoms with Gasteiger partial charge in [0.05, 0.1) is 4.87 Å². The van der Waals surface area contributed by atoms with Gasteiger partial charge in [-0.2, -0.15) is 0 Å². The molecule has 0 bridgehead atoms. The minimum atomic E-state index is -0.395. The van der Waals surface area contributed by atoms with Crippen LogP contribution in [0.2, 0.25) is 0 Å². The highest BCUT2D eigenvalue weighted by atomic mass is 32.2. The average Bonchev–Trinajstić information content (AvgIpc) is 3.12. The fraction of sp³-hybridized carbons (Fsp3) is 0.300.